The van der Waals surface area contributed by atoms with Gasteiger partial charge in [0.15, 0.2) is 0 Å². The second kappa shape index (κ2) is 11.7. The van der Waals surface area contributed by atoms with Crippen LogP contribution in [-0.4, -0.2) is 46.5 Å². The first-order chi connectivity index (χ1) is 16.6. The molecule has 1 heterocycles. The highest BCUT2D eigenvalue weighted by atomic mass is 35.5. The van der Waals surface area contributed by atoms with Crippen molar-refractivity contribution in [2.24, 2.45) is 0 Å². The van der Waals surface area contributed by atoms with Gasteiger partial charge in [-0.15, -0.1) is 11.3 Å². The second-order valence-electron chi connectivity index (χ2n) is 7.23. The number of carboxylic acids is 1. The topological polar surface area (TPSA) is 145 Å². The van der Waals surface area contributed by atoms with E-state index in [4.69, 9.17) is 23.2 Å². The molecule has 1 aromatic heterocycles. The predicted octanol–water partition coefficient (Wildman–Crippen LogP) is 3.30. The summed E-state index contributed by atoms with van der Waals surface area (Å²) in [6.45, 7) is -0.209. The molecule has 0 aliphatic heterocycles. The number of hydrogen-bond acceptors (Lipinski definition) is 6. The molecule has 0 spiro atoms. The Morgan fingerprint density at radius 3 is 2.31 bits per heavy atom. The SMILES string of the molecule is O=C(NCc1cccc(O)c1)c1ccc(C(=O)N[C@@H](CNC(=O)c2ccc(Cl)s2)C(=O)O)c(Cl)c1. The number of carbonyl (C=O) groups is 4. The molecule has 0 radical (unpaired) electrons. The number of amides is 3. The van der Waals surface area contributed by atoms with Gasteiger partial charge in [0.25, 0.3) is 17.7 Å². The van der Waals surface area contributed by atoms with E-state index in [0.29, 0.717) is 14.8 Å². The van der Waals surface area contributed by atoms with Crippen molar-refractivity contribution < 1.29 is 29.4 Å². The van der Waals surface area contributed by atoms with E-state index < -0.39 is 29.7 Å². The fourth-order valence-electron chi connectivity index (χ4n) is 2.95. The molecule has 0 fully saturated rings. The monoisotopic (exact) mass is 535 g/mol. The Balaban J connectivity index is 1.60. The number of aliphatic carboxylic acids is 1. The van der Waals surface area contributed by atoms with Crippen molar-refractivity contribution >= 4 is 58.2 Å². The smallest absolute Gasteiger partial charge is 0.328 e. The summed E-state index contributed by atoms with van der Waals surface area (Å²) >= 11 is 13.0. The number of benzene rings is 2. The Labute approximate surface area is 213 Å². The summed E-state index contributed by atoms with van der Waals surface area (Å²) in [5, 5.41) is 26.3. The Hall–Kier alpha value is -3.60. The number of carboxylic acid groups (broad SMARTS) is 1. The lowest BCUT2D eigenvalue weighted by atomic mass is 10.1. The molecule has 3 rings (SSSR count). The van der Waals surface area contributed by atoms with Crippen molar-refractivity contribution in [3.05, 3.63) is 85.5 Å². The summed E-state index contributed by atoms with van der Waals surface area (Å²) in [6, 6.07) is 12.0. The Morgan fingerprint density at radius 1 is 0.914 bits per heavy atom. The van der Waals surface area contributed by atoms with Crippen molar-refractivity contribution in [1.29, 1.82) is 0 Å². The number of halogens is 2. The van der Waals surface area contributed by atoms with Gasteiger partial charge in [0, 0.05) is 18.7 Å². The van der Waals surface area contributed by atoms with E-state index in [9.17, 15) is 29.4 Å². The Kier molecular flexibility index (Phi) is 8.69. The molecule has 2 aromatic carbocycles. The number of rotatable bonds is 9. The highest BCUT2D eigenvalue weighted by Crippen LogP contribution is 2.21. The van der Waals surface area contributed by atoms with Gasteiger partial charge in [-0.3, -0.25) is 14.4 Å². The standard InChI is InChI=1S/C23H19Cl2N3O6S/c24-16-9-13(20(30)26-10-12-2-1-3-14(29)8-12)4-5-15(16)21(31)28-17(23(33)34)11-27-22(32)18-6-7-19(25)35-18/h1-9,17,29H,10-11H2,(H,26,30)(H,27,32)(H,28,31)(H,33,34)/t17-/m0/s1. The van der Waals surface area contributed by atoms with E-state index in [1.54, 1.807) is 12.1 Å². The Bertz CT molecular complexity index is 1280. The lowest BCUT2D eigenvalue weighted by Gasteiger charge is -2.16. The normalized spacial score (nSPS) is 11.4. The zero-order valence-electron chi connectivity index (χ0n) is 17.9. The lowest BCUT2D eigenvalue weighted by molar-refractivity contribution is -0.139. The van der Waals surface area contributed by atoms with Crippen molar-refractivity contribution in [3.8, 4) is 5.75 Å². The maximum absolute atomic E-state index is 12.6. The van der Waals surface area contributed by atoms with Crippen LogP contribution >= 0.6 is 34.5 Å². The minimum atomic E-state index is -1.43. The number of aromatic hydroxyl groups is 1. The molecule has 3 amide bonds. The summed E-state index contributed by atoms with van der Waals surface area (Å²) < 4.78 is 0.407. The average Bonchev–Trinajstić information content (AvgIpc) is 3.26. The van der Waals surface area contributed by atoms with Gasteiger partial charge in [-0.25, -0.2) is 4.79 Å². The van der Waals surface area contributed by atoms with E-state index in [0.717, 1.165) is 11.3 Å². The van der Waals surface area contributed by atoms with Crippen molar-refractivity contribution in [1.82, 2.24) is 16.0 Å². The molecule has 0 aliphatic rings. The van der Waals surface area contributed by atoms with Gasteiger partial charge >= 0.3 is 5.97 Å². The van der Waals surface area contributed by atoms with E-state index in [2.05, 4.69) is 16.0 Å². The summed E-state index contributed by atoms with van der Waals surface area (Å²) in [5.74, 6) is -3.06. The molecule has 0 aliphatic carbocycles. The van der Waals surface area contributed by atoms with E-state index in [-0.39, 0.29) is 35.0 Å². The fraction of sp³-hybridized carbons (Fsp3) is 0.130. The first-order valence-corrected chi connectivity index (χ1v) is 11.6. The zero-order valence-corrected chi connectivity index (χ0v) is 20.2. The number of phenolic OH excluding ortho intramolecular Hbond substituents is 1. The summed E-state index contributed by atoms with van der Waals surface area (Å²) in [5.41, 5.74) is 0.830. The first-order valence-electron chi connectivity index (χ1n) is 10.1. The molecule has 35 heavy (non-hydrogen) atoms. The minimum Gasteiger partial charge on any atom is -0.508 e. The van der Waals surface area contributed by atoms with Gasteiger partial charge in [0.2, 0.25) is 0 Å². The Morgan fingerprint density at radius 2 is 1.69 bits per heavy atom. The molecule has 3 aromatic rings. The van der Waals surface area contributed by atoms with Gasteiger partial charge < -0.3 is 26.2 Å². The van der Waals surface area contributed by atoms with Crippen LogP contribution in [0.15, 0.2) is 54.6 Å². The molecule has 0 unspecified atom stereocenters. The molecule has 5 N–H and O–H groups in total. The molecule has 0 saturated heterocycles. The van der Waals surface area contributed by atoms with Crippen LogP contribution in [0.3, 0.4) is 0 Å². The predicted molar refractivity (Wildman–Crippen MR) is 131 cm³/mol. The summed E-state index contributed by atoms with van der Waals surface area (Å²) in [7, 11) is 0. The van der Waals surface area contributed by atoms with Crippen LogP contribution < -0.4 is 16.0 Å². The number of nitrogens with one attached hydrogen (secondary N) is 3. The number of thiophene rings is 1. The lowest BCUT2D eigenvalue weighted by Crippen LogP contribution is -2.48. The first kappa shape index (κ1) is 26.0. The molecule has 0 saturated carbocycles. The molecule has 182 valence electrons. The number of carbonyl (C=O) groups excluding carboxylic acids is 3. The third-order valence-corrected chi connectivity index (χ3v) is 6.25. The van der Waals surface area contributed by atoms with Crippen molar-refractivity contribution in [2.45, 2.75) is 12.6 Å². The van der Waals surface area contributed by atoms with E-state index >= 15 is 0 Å². The number of hydrogen-bond donors (Lipinski definition) is 5. The van der Waals surface area contributed by atoms with Crippen LogP contribution in [-0.2, 0) is 11.3 Å². The number of phenols is 1. The van der Waals surface area contributed by atoms with Crippen LogP contribution in [0.2, 0.25) is 9.36 Å². The third kappa shape index (κ3) is 7.19. The van der Waals surface area contributed by atoms with Gasteiger partial charge in [0.1, 0.15) is 11.8 Å². The van der Waals surface area contributed by atoms with Crippen LogP contribution in [0.4, 0.5) is 0 Å². The zero-order chi connectivity index (χ0) is 25.5. The van der Waals surface area contributed by atoms with Crippen LogP contribution in [0.1, 0.15) is 36.0 Å². The quantitative estimate of drug-likeness (QED) is 0.284. The highest BCUT2D eigenvalue weighted by molar-refractivity contribution is 7.18. The molecular formula is C23H19Cl2N3O6S. The minimum absolute atomic E-state index is 0.0428. The molecule has 1 atom stereocenters. The molecule has 12 heteroatoms. The average molecular weight is 536 g/mol. The molecular weight excluding hydrogens is 517 g/mol. The van der Waals surface area contributed by atoms with Gasteiger partial charge in [-0.1, -0.05) is 35.3 Å². The summed E-state index contributed by atoms with van der Waals surface area (Å²) in [4.78, 5) is 49.0. The highest BCUT2D eigenvalue weighted by Gasteiger charge is 2.23. The van der Waals surface area contributed by atoms with Gasteiger partial charge in [0.05, 0.1) is 19.8 Å². The van der Waals surface area contributed by atoms with E-state index in [1.165, 1.54) is 42.5 Å². The van der Waals surface area contributed by atoms with Gasteiger partial charge in [-0.05, 0) is 48.0 Å². The van der Waals surface area contributed by atoms with Crippen molar-refractivity contribution in [2.75, 3.05) is 6.54 Å². The summed E-state index contributed by atoms with van der Waals surface area (Å²) in [6.07, 6.45) is 0. The van der Waals surface area contributed by atoms with E-state index in [1.807, 2.05) is 0 Å². The fourth-order valence-corrected chi connectivity index (χ4v) is 4.17. The van der Waals surface area contributed by atoms with Crippen LogP contribution in [0.25, 0.3) is 0 Å². The molecule has 9 nitrogen and oxygen atoms in total. The van der Waals surface area contributed by atoms with Gasteiger partial charge in [-0.2, -0.15) is 0 Å². The van der Waals surface area contributed by atoms with Crippen molar-refractivity contribution in [3.63, 3.8) is 0 Å². The maximum atomic E-state index is 12.6. The second-order valence-corrected chi connectivity index (χ2v) is 9.35. The van der Waals surface area contributed by atoms with Crippen LogP contribution in [0.5, 0.6) is 5.75 Å². The third-order valence-electron chi connectivity index (χ3n) is 4.71. The molecule has 0 bridgehead atoms. The maximum Gasteiger partial charge on any atom is 0.328 e. The largest absolute Gasteiger partial charge is 0.508 e. The van der Waals surface area contributed by atoms with Crippen LogP contribution in [0, 0.1) is 0 Å².